The second-order valence-electron chi connectivity index (χ2n) is 2.42. The molecular weight excluding hydrogens is 217 g/mol. The van der Waals surface area contributed by atoms with Crippen LogP contribution in [0.1, 0.15) is 0 Å². The third-order valence-electron chi connectivity index (χ3n) is 1.31. The second kappa shape index (κ2) is 3.24. The van der Waals surface area contributed by atoms with Gasteiger partial charge in [0.15, 0.2) is 0 Å². The van der Waals surface area contributed by atoms with Crippen molar-refractivity contribution in [3.63, 3.8) is 0 Å². The molecule has 2 nitrogen and oxygen atoms in total. The number of hydrogen-bond acceptors (Lipinski definition) is 2. The van der Waals surface area contributed by atoms with Crippen LogP contribution in [0, 0.1) is 4.78 Å². The van der Waals surface area contributed by atoms with Gasteiger partial charge in [0, 0.05) is 11.3 Å². The molecule has 0 amide bonds. The summed E-state index contributed by atoms with van der Waals surface area (Å²) in [7, 11) is -2.77. The summed E-state index contributed by atoms with van der Waals surface area (Å²) in [6, 6.07) is 4.59. The first kappa shape index (κ1) is 9.84. The minimum absolute atomic E-state index is 0.289. The van der Waals surface area contributed by atoms with E-state index in [1.54, 1.807) is 6.07 Å². The molecule has 1 aromatic rings. The highest BCUT2D eigenvalue weighted by Gasteiger charge is 2.08. The molecule has 0 aromatic heterocycles. The van der Waals surface area contributed by atoms with Gasteiger partial charge in [-0.1, -0.05) is 23.2 Å². The van der Waals surface area contributed by atoms with Gasteiger partial charge in [-0.05, 0) is 18.2 Å². The highest BCUT2D eigenvalue weighted by atomic mass is 35.5. The van der Waals surface area contributed by atoms with Gasteiger partial charge < -0.3 is 0 Å². The molecule has 0 spiro atoms. The number of rotatable bonds is 1. The minimum Gasteiger partial charge on any atom is -0.249 e. The van der Waals surface area contributed by atoms with Crippen molar-refractivity contribution in [3.8, 4) is 0 Å². The predicted molar refractivity (Wildman–Crippen MR) is 51.5 cm³/mol. The predicted octanol–water partition coefficient (Wildman–Crippen LogP) is 3.03. The quantitative estimate of drug-likeness (QED) is 0.782. The van der Waals surface area contributed by atoms with Gasteiger partial charge in [0.2, 0.25) is 0 Å². The standard InChI is InChI=1S/C7H7Cl2NOS/c1-12(10,11)7-4-5(8)2-3-6(7)9/h2-4,10H,1H3. The molecule has 5 heteroatoms. The van der Waals surface area contributed by atoms with E-state index in [4.69, 9.17) is 28.0 Å². The maximum atomic E-state index is 11.3. The van der Waals surface area contributed by atoms with E-state index in [-0.39, 0.29) is 4.90 Å². The lowest BCUT2D eigenvalue weighted by molar-refractivity contribution is 0.679. The van der Waals surface area contributed by atoms with Gasteiger partial charge >= 0.3 is 0 Å². The maximum Gasteiger partial charge on any atom is 0.0712 e. The molecule has 66 valence electrons. The van der Waals surface area contributed by atoms with Crippen LogP contribution in [0.2, 0.25) is 10.0 Å². The van der Waals surface area contributed by atoms with Crippen molar-refractivity contribution >= 4 is 32.9 Å². The zero-order chi connectivity index (χ0) is 9.35. The van der Waals surface area contributed by atoms with E-state index in [2.05, 4.69) is 0 Å². The molecule has 1 N–H and O–H groups in total. The summed E-state index contributed by atoms with van der Waals surface area (Å²) >= 11 is 11.4. The van der Waals surface area contributed by atoms with Crippen molar-refractivity contribution in [2.75, 3.05) is 6.26 Å². The van der Waals surface area contributed by atoms with E-state index >= 15 is 0 Å². The van der Waals surface area contributed by atoms with Crippen molar-refractivity contribution in [1.82, 2.24) is 0 Å². The fourth-order valence-electron chi connectivity index (χ4n) is 0.776. The number of nitrogens with one attached hydrogen (secondary N) is 1. The highest BCUT2D eigenvalue weighted by Crippen LogP contribution is 2.24. The Kier molecular flexibility index (Phi) is 2.66. The van der Waals surface area contributed by atoms with Gasteiger partial charge in [-0.15, -0.1) is 0 Å². The lowest BCUT2D eigenvalue weighted by Crippen LogP contribution is -1.95. The number of hydrogen-bond donors (Lipinski definition) is 1. The van der Waals surface area contributed by atoms with Crippen molar-refractivity contribution in [2.24, 2.45) is 0 Å². The average Bonchev–Trinajstić information content (AvgIpc) is 1.92. The summed E-state index contributed by atoms with van der Waals surface area (Å²) in [5.41, 5.74) is 0. The molecule has 0 aliphatic carbocycles. The van der Waals surface area contributed by atoms with Gasteiger partial charge in [0.25, 0.3) is 0 Å². The molecule has 0 bridgehead atoms. The Morgan fingerprint density at radius 2 is 2.00 bits per heavy atom. The van der Waals surface area contributed by atoms with Crippen LogP contribution in [0.5, 0.6) is 0 Å². The largest absolute Gasteiger partial charge is 0.249 e. The molecule has 12 heavy (non-hydrogen) atoms. The lowest BCUT2D eigenvalue weighted by Gasteiger charge is -2.03. The molecule has 1 aromatic carbocycles. The summed E-state index contributed by atoms with van der Waals surface area (Å²) in [6.45, 7) is 0. The van der Waals surface area contributed by atoms with Crippen LogP contribution >= 0.6 is 23.2 Å². The summed E-state index contributed by atoms with van der Waals surface area (Å²) in [5, 5.41) is 0.762. The molecule has 0 heterocycles. The fourth-order valence-corrected chi connectivity index (χ4v) is 2.36. The van der Waals surface area contributed by atoms with Crippen molar-refractivity contribution in [2.45, 2.75) is 4.90 Å². The summed E-state index contributed by atoms with van der Waals surface area (Å²) in [6.07, 6.45) is 1.31. The summed E-state index contributed by atoms with van der Waals surface area (Å²) < 4.78 is 18.6. The Balaban J connectivity index is 3.43. The third-order valence-corrected chi connectivity index (χ3v) is 3.17. The molecule has 1 rings (SSSR count). The van der Waals surface area contributed by atoms with E-state index < -0.39 is 9.73 Å². The first-order valence-electron chi connectivity index (χ1n) is 3.10. The van der Waals surface area contributed by atoms with Gasteiger partial charge in [-0.2, -0.15) is 0 Å². The van der Waals surface area contributed by atoms with Crippen LogP contribution in [0.25, 0.3) is 0 Å². The molecule has 1 unspecified atom stereocenters. The van der Waals surface area contributed by atoms with E-state index in [1.807, 2.05) is 0 Å². The molecule has 0 fully saturated rings. The monoisotopic (exact) mass is 223 g/mol. The minimum atomic E-state index is -2.77. The topological polar surface area (TPSA) is 40.9 Å². The van der Waals surface area contributed by atoms with Crippen molar-refractivity contribution < 1.29 is 4.21 Å². The van der Waals surface area contributed by atoms with E-state index in [0.717, 1.165) is 0 Å². The Labute approximate surface area is 81.5 Å². The van der Waals surface area contributed by atoms with Crippen molar-refractivity contribution in [3.05, 3.63) is 28.2 Å². The molecule has 0 aliphatic rings. The van der Waals surface area contributed by atoms with Crippen molar-refractivity contribution in [1.29, 1.82) is 4.78 Å². The Bertz CT molecular complexity index is 400. The average molecular weight is 224 g/mol. The molecule has 1 atom stereocenters. The number of halogens is 2. The third kappa shape index (κ3) is 2.12. The molecule has 0 aliphatic heterocycles. The van der Waals surface area contributed by atoms with Crippen LogP contribution in [-0.2, 0) is 9.73 Å². The molecule has 0 saturated heterocycles. The van der Waals surface area contributed by atoms with Gasteiger partial charge in [0.05, 0.1) is 19.6 Å². The van der Waals surface area contributed by atoms with Gasteiger partial charge in [-0.3, -0.25) is 0 Å². The van der Waals surface area contributed by atoms with Crippen LogP contribution in [0.3, 0.4) is 0 Å². The van der Waals surface area contributed by atoms with Crippen LogP contribution in [0.4, 0.5) is 0 Å². The number of benzene rings is 1. The van der Waals surface area contributed by atoms with E-state index in [0.29, 0.717) is 10.0 Å². The fraction of sp³-hybridized carbons (Fsp3) is 0.143. The molecule has 0 radical (unpaired) electrons. The second-order valence-corrected chi connectivity index (χ2v) is 5.39. The van der Waals surface area contributed by atoms with E-state index in [9.17, 15) is 4.21 Å². The molecule has 0 saturated carbocycles. The van der Waals surface area contributed by atoms with Gasteiger partial charge in [-0.25, -0.2) is 8.99 Å². The Hall–Kier alpha value is -0.250. The first-order valence-corrected chi connectivity index (χ1v) is 5.82. The summed E-state index contributed by atoms with van der Waals surface area (Å²) in [4.78, 5) is 0.289. The van der Waals surface area contributed by atoms with Crippen LogP contribution < -0.4 is 0 Å². The normalized spacial score (nSPS) is 15.6. The zero-order valence-corrected chi connectivity index (χ0v) is 8.63. The highest BCUT2D eigenvalue weighted by molar-refractivity contribution is 7.91. The zero-order valence-electron chi connectivity index (χ0n) is 6.30. The van der Waals surface area contributed by atoms with Crippen LogP contribution in [-0.4, -0.2) is 10.5 Å². The van der Waals surface area contributed by atoms with Crippen LogP contribution in [0.15, 0.2) is 23.1 Å². The summed E-state index contributed by atoms with van der Waals surface area (Å²) in [5.74, 6) is 0. The SMILES string of the molecule is CS(=N)(=O)c1cc(Cl)ccc1Cl. The first-order chi connectivity index (χ1) is 5.41. The Morgan fingerprint density at radius 3 is 2.42 bits per heavy atom. The lowest BCUT2D eigenvalue weighted by atomic mass is 10.4. The smallest absolute Gasteiger partial charge is 0.0712 e. The Morgan fingerprint density at radius 1 is 1.42 bits per heavy atom. The van der Waals surface area contributed by atoms with Gasteiger partial charge in [0.1, 0.15) is 0 Å². The van der Waals surface area contributed by atoms with E-state index in [1.165, 1.54) is 18.4 Å². The maximum absolute atomic E-state index is 11.3. The molecular formula is C7H7Cl2NOS.